The molecule has 0 spiro atoms. The Kier molecular flexibility index (Phi) is 15.7. The first-order valence-electron chi connectivity index (χ1n) is 25.6. The van der Waals surface area contributed by atoms with Gasteiger partial charge in [0.25, 0.3) is 0 Å². The standard InChI is InChI=1S/C35H22N2O3.C35H22N2O2.2Pt/c38-31-15-3-1-12-27(31)24-10-9-11-26(22-24)37-29-14-2-4-16-32(29)39-34-17-5-6-18-35(34)40-33-20-19-25(23-30(33)37)28-13-7-8-21-36-28;38-33-17-5-2-12-27(33)24-10-9-11-26(22-24)37-31-16-4-1-13-28(31)29-14-3-6-18-34(29)39-35-20-19-25(23-32(35)37)30-15-7-8-21-36-30;;/h1-21,38H;1-21,38H;;/q2*-2;2*+2. The van der Waals surface area contributed by atoms with Crippen molar-refractivity contribution in [3.8, 4) is 85.0 Å². The van der Waals surface area contributed by atoms with Crippen molar-refractivity contribution < 1.29 is 66.2 Å². The molecule has 9 nitrogen and oxygen atoms in total. The Morgan fingerprint density at radius 3 is 1.57 bits per heavy atom. The van der Waals surface area contributed by atoms with Crippen molar-refractivity contribution in [2.75, 3.05) is 4.90 Å². The zero-order valence-electron chi connectivity index (χ0n) is 42.8. The van der Waals surface area contributed by atoms with E-state index in [1.807, 2.05) is 211 Å². The Labute approximate surface area is 496 Å². The molecule has 4 heterocycles. The van der Waals surface area contributed by atoms with E-state index >= 15 is 0 Å². The van der Waals surface area contributed by atoms with E-state index in [4.69, 9.17) is 13.9 Å². The minimum absolute atomic E-state index is 0. The summed E-state index contributed by atoms with van der Waals surface area (Å²) in [4.78, 5) is 11.1. The van der Waals surface area contributed by atoms with E-state index in [1.54, 1.807) is 30.6 Å². The smallest absolute Gasteiger partial charge is 0.517 e. The van der Waals surface area contributed by atoms with Crippen LogP contribution >= 0.6 is 0 Å². The first-order valence-corrected chi connectivity index (χ1v) is 25.6. The molecule has 0 unspecified atom stereocenters. The molecule has 14 rings (SSSR count). The molecule has 11 heteroatoms. The third-order valence-corrected chi connectivity index (χ3v) is 13.5. The van der Waals surface area contributed by atoms with Crippen LogP contribution in [-0.2, 0) is 42.1 Å². The van der Waals surface area contributed by atoms with E-state index in [-0.39, 0.29) is 53.6 Å². The van der Waals surface area contributed by atoms with E-state index in [2.05, 4.69) is 57.0 Å². The summed E-state index contributed by atoms with van der Waals surface area (Å²) >= 11 is 0. The number of benzene rings is 10. The van der Waals surface area contributed by atoms with Gasteiger partial charge >= 0.3 is 42.1 Å². The maximum Gasteiger partial charge on any atom is 2.00 e. The van der Waals surface area contributed by atoms with Crippen molar-refractivity contribution in [2.45, 2.75) is 0 Å². The number of para-hydroxylation sites is 8. The minimum Gasteiger partial charge on any atom is -0.517 e. The van der Waals surface area contributed by atoms with Gasteiger partial charge in [-0.15, -0.1) is 107 Å². The van der Waals surface area contributed by atoms with Crippen LogP contribution in [0.3, 0.4) is 0 Å². The van der Waals surface area contributed by atoms with Crippen LogP contribution < -0.4 is 14.4 Å². The molecule has 0 fully saturated rings. The van der Waals surface area contributed by atoms with E-state index in [1.165, 1.54) is 0 Å². The predicted octanol–water partition coefficient (Wildman–Crippen LogP) is 17.8. The summed E-state index contributed by atoms with van der Waals surface area (Å²) in [6.07, 6.45) is 3.55. The molecule has 3 aromatic heterocycles. The molecular weight excluding hydrogens is 1370 g/mol. The fraction of sp³-hybridized carbons (Fsp3) is 0. The Morgan fingerprint density at radius 2 is 0.901 bits per heavy atom. The van der Waals surface area contributed by atoms with Crippen molar-refractivity contribution in [1.29, 1.82) is 0 Å². The van der Waals surface area contributed by atoms with Crippen LogP contribution in [0.2, 0.25) is 0 Å². The summed E-state index contributed by atoms with van der Waals surface area (Å²) in [5, 5.41) is 23.2. The summed E-state index contributed by atoms with van der Waals surface area (Å²) in [5.74, 6) is 2.82. The number of fused-ring (bicyclic) bond motifs is 7. The van der Waals surface area contributed by atoms with Crippen LogP contribution in [0.1, 0.15) is 0 Å². The molecular formula is C70H44N4O5Pt2. The van der Waals surface area contributed by atoms with E-state index in [0.29, 0.717) is 45.4 Å². The van der Waals surface area contributed by atoms with Gasteiger partial charge in [0.15, 0.2) is 17.2 Å². The molecule has 394 valence electrons. The van der Waals surface area contributed by atoms with Crippen LogP contribution in [0.25, 0.3) is 83.4 Å². The SMILES string of the molecule is Oc1ccccc1-c1[c-]c(-n2c3[c-]c(-c4ccccn4)ccc3oc3ccccc3c3ccccc32)ccc1.Oc1ccccc1-c1[c-]c(N2c3[c-]c(-c4ccccn4)ccc3Oc3ccccc3Oc3ccccc32)ccc1.[Pt+2].[Pt+2]. The summed E-state index contributed by atoms with van der Waals surface area (Å²) in [6, 6.07) is 91.9. The monoisotopic (exact) mass is 1410 g/mol. The number of hydrogen-bond acceptors (Lipinski definition) is 8. The predicted molar refractivity (Wildman–Crippen MR) is 312 cm³/mol. The average Bonchev–Trinajstić information content (AvgIpc) is 3.56. The van der Waals surface area contributed by atoms with Gasteiger partial charge in [-0.1, -0.05) is 132 Å². The fourth-order valence-electron chi connectivity index (χ4n) is 9.79. The summed E-state index contributed by atoms with van der Waals surface area (Å²) in [5.41, 5.74) is 12.3. The number of nitrogens with zero attached hydrogens (tertiary/aromatic N) is 4. The van der Waals surface area contributed by atoms with Gasteiger partial charge in [0, 0.05) is 34.4 Å². The number of phenols is 2. The van der Waals surface area contributed by atoms with Gasteiger partial charge in [0.2, 0.25) is 0 Å². The Morgan fingerprint density at radius 1 is 0.370 bits per heavy atom. The topological polar surface area (TPSA) is 106 Å². The maximum atomic E-state index is 10.6. The van der Waals surface area contributed by atoms with Gasteiger partial charge in [-0.2, -0.15) is 0 Å². The fourth-order valence-corrected chi connectivity index (χ4v) is 9.79. The van der Waals surface area contributed by atoms with Crippen LogP contribution in [0.4, 0.5) is 17.1 Å². The number of rotatable bonds is 6. The molecule has 0 radical (unpaired) electrons. The van der Waals surface area contributed by atoms with E-state index in [9.17, 15) is 10.2 Å². The Hall–Kier alpha value is -9.52. The van der Waals surface area contributed by atoms with Gasteiger partial charge < -0.3 is 43.5 Å². The quantitative estimate of drug-likeness (QED) is 0.159. The molecule has 0 saturated heterocycles. The minimum atomic E-state index is 0. The number of aromatic nitrogens is 3. The molecule has 0 amide bonds. The zero-order valence-corrected chi connectivity index (χ0v) is 47.3. The van der Waals surface area contributed by atoms with Crippen LogP contribution in [0.5, 0.6) is 34.5 Å². The molecule has 0 bridgehead atoms. The molecule has 13 aromatic rings. The number of hydrogen-bond donors (Lipinski definition) is 2. The first kappa shape index (κ1) is 53.5. The molecule has 2 N–H and O–H groups in total. The van der Waals surface area contributed by atoms with Gasteiger partial charge in [-0.05, 0) is 83.4 Å². The average molecular weight is 1410 g/mol. The summed E-state index contributed by atoms with van der Waals surface area (Å²) < 4.78 is 21.6. The maximum absolute atomic E-state index is 10.6. The molecule has 81 heavy (non-hydrogen) atoms. The summed E-state index contributed by atoms with van der Waals surface area (Å²) in [6.45, 7) is 0. The number of phenolic OH excluding ortho intramolecular Hbond substituents is 2. The van der Waals surface area contributed by atoms with Crippen LogP contribution in [0, 0.1) is 24.3 Å². The van der Waals surface area contributed by atoms with Crippen molar-refractivity contribution in [1.82, 2.24) is 14.5 Å². The molecule has 0 aliphatic carbocycles. The Bertz CT molecular complexity index is 4450. The third kappa shape index (κ3) is 10.9. The molecule has 0 saturated carbocycles. The van der Waals surface area contributed by atoms with Gasteiger partial charge in [0.1, 0.15) is 5.58 Å². The number of anilines is 3. The molecule has 1 aliphatic heterocycles. The number of aromatic hydroxyl groups is 2. The van der Waals surface area contributed by atoms with Crippen molar-refractivity contribution in [2.24, 2.45) is 0 Å². The van der Waals surface area contributed by atoms with Crippen molar-refractivity contribution in [3.05, 3.63) is 279 Å². The number of ether oxygens (including phenoxy) is 2. The van der Waals surface area contributed by atoms with E-state index in [0.717, 1.165) is 78.1 Å². The van der Waals surface area contributed by atoms with E-state index < -0.39 is 0 Å². The molecule has 0 atom stereocenters. The second kappa shape index (κ2) is 23.8. The normalized spacial score (nSPS) is 11.3. The van der Waals surface area contributed by atoms with Gasteiger partial charge in [-0.25, -0.2) is 0 Å². The van der Waals surface area contributed by atoms with Crippen LogP contribution in [0.15, 0.2) is 259 Å². The molecule has 10 aromatic carbocycles. The number of pyridine rings is 2. The zero-order chi connectivity index (χ0) is 53.1. The Balaban J connectivity index is 0.000000166. The van der Waals surface area contributed by atoms with Crippen LogP contribution in [-0.4, -0.2) is 24.7 Å². The molecule has 1 aliphatic rings. The third-order valence-electron chi connectivity index (χ3n) is 13.5. The van der Waals surface area contributed by atoms with Crippen molar-refractivity contribution in [3.63, 3.8) is 0 Å². The van der Waals surface area contributed by atoms with Crippen molar-refractivity contribution >= 4 is 50.0 Å². The second-order valence-corrected chi connectivity index (χ2v) is 18.4. The first-order chi connectivity index (χ1) is 39.0. The summed E-state index contributed by atoms with van der Waals surface area (Å²) in [7, 11) is 0. The second-order valence-electron chi connectivity index (χ2n) is 18.4. The largest absolute Gasteiger partial charge is 2.00 e. The van der Waals surface area contributed by atoms with Gasteiger partial charge in [0.05, 0.1) is 34.0 Å². The van der Waals surface area contributed by atoms with Gasteiger partial charge in [-0.3, -0.25) is 0 Å².